The molecule has 2 N–H and O–H groups in total. The molecular formula is C12H19NO4. The minimum atomic E-state index is -0.850. The van der Waals surface area contributed by atoms with Crippen LogP contribution >= 0.6 is 0 Å². The van der Waals surface area contributed by atoms with Gasteiger partial charge in [-0.3, -0.25) is 10.1 Å². The number of carbonyl (C=O) groups is 1. The van der Waals surface area contributed by atoms with Crippen molar-refractivity contribution in [3.8, 4) is 0 Å². The number of carboxylic acid groups (broad SMARTS) is 1. The van der Waals surface area contributed by atoms with Crippen LogP contribution in [-0.4, -0.2) is 48.6 Å². The van der Waals surface area contributed by atoms with E-state index >= 15 is 0 Å². The number of nitrogens with one attached hydrogen (secondary N) is 1. The molecule has 0 bridgehead atoms. The molecule has 0 aromatic rings. The largest absolute Gasteiger partial charge is 0.480 e. The molecule has 5 nitrogen and oxygen atoms in total. The number of hydrogen-bond donors (Lipinski definition) is 2. The number of ether oxygens (including phenoxy) is 2. The molecule has 3 aliphatic rings. The highest BCUT2D eigenvalue weighted by molar-refractivity contribution is 5.80. The van der Waals surface area contributed by atoms with Gasteiger partial charge in [0.2, 0.25) is 0 Å². The Bertz CT molecular complexity index is 310. The van der Waals surface area contributed by atoms with Crippen LogP contribution in [-0.2, 0) is 14.3 Å². The van der Waals surface area contributed by atoms with Crippen LogP contribution < -0.4 is 5.32 Å². The Hall–Kier alpha value is -0.650. The topological polar surface area (TPSA) is 67.8 Å². The van der Waals surface area contributed by atoms with Crippen molar-refractivity contribution in [1.82, 2.24) is 5.32 Å². The van der Waals surface area contributed by atoms with Crippen LogP contribution in [0.25, 0.3) is 0 Å². The van der Waals surface area contributed by atoms with Crippen molar-refractivity contribution in [1.29, 1.82) is 0 Å². The highest BCUT2D eigenvalue weighted by Gasteiger charge is 2.54. The minimum Gasteiger partial charge on any atom is -0.480 e. The SMILES string of the molecule is O=C(O)C(COC1COC1)(NC1CC1)C1CC1. The van der Waals surface area contributed by atoms with E-state index in [9.17, 15) is 9.90 Å². The van der Waals surface area contributed by atoms with E-state index in [2.05, 4.69) is 5.32 Å². The number of rotatable bonds is 7. The first-order chi connectivity index (χ1) is 8.21. The van der Waals surface area contributed by atoms with Crippen molar-refractivity contribution < 1.29 is 19.4 Å². The molecule has 3 fully saturated rings. The van der Waals surface area contributed by atoms with E-state index in [0.29, 0.717) is 19.3 Å². The molecule has 0 amide bonds. The molecule has 0 aromatic carbocycles. The molecule has 1 atom stereocenters. The third-order valence-electron chi connectivity index (χ3n) is 3.85. The Morgan fingerprint density at radius 2 is 2.06 bits per heavy atom. The number of aliphatic carboxylic acids is 1. The Balaban J connectivity index is 1.65. The molecule has 2 aliphatic carbocycles. The zero-order valence-corrected chi connectivity index (χ0v) is 9.85. The van der Waals surface area contributed by atoms with Crippen molar-refractivity contribution >= 4 is 5.97 Å². The maximum atomic E-state index is 11.6. The zero-order chi connectivity index (χ0) is 11.9. The Labute approximate surface area is 100 Å². The molecule has 5 heteroatoms. The van der Waals surface area contributed by atoms with Gasteiger partial charge in [0.15, 0.2) is 0 Å². The molecule has 96 valence electrons. The molecule has 0 radical (unpaired) electrons. The van der Waals surface area contributed by atoms with E-state index in [1.807, 2.05) is 0 Å². The first kappa shape index (κ1) is 11.4. The van der Waals surface area contributed by atoms with Gasteiger partial charge >= 0.3 is 5.97 Å². The Kier molecular flexibility index (Phi) is 2.84. The fraction of sp³-hybridized carbons (Fsp3) is 0.917. The van der Waals surface area contributed by atoms with Gasteiger partial charge < -0.3 is 14.6 Å². The van der Waals surface area contributed by atoms with Gasteiger partial charge in [-0.15, -0.1) is 0 Å². The third kappa shape index (κ3) is 2.32. The maximum absolute atomic E-state index is 11.6. The molecule has 0 spiro atoms. The lowest BCUT2D eigenvalue weighted by molar-refractivity contribution is -0.164. The van der Waals surface area contributed by atoms with E-state index in [4.69, 9.17) is 9.47 Å². The van der Waals surface area contributed by atoms with Crippen LogP contribution in [0.4, 0.5) is 0 Å². The Morgan fingerprint density at radius 1 is 1.35 bits per heavy atom. The van der Waals surface area contributed by atoms with Gasteiger partial charge in [0.1, 0.15) is 11.6 Å². The van der Waals surface area contributed by atoms with Crippen molar-refractivity contribution in [3.05, 3.63) is 0 Å². The monoisotopic (exact) mass is 241 g/mol. The molecular weight excluding hydrogens is 222 g/mol. The fourth-order valence-corrected chi connectivity index (χ4v) is 2.30. The average molecular weight is 241 g/mol. The van der Waals surface area contributed by atoms with Gasteiger partial charge in [-0.1, -0.05) is 0 Å². The maximum Gasteiger partial charge on any atom is 0.326 e. The molecule has 1 aliphatic heterocycles. The Morgan fingerprint density at radius 3 is 2.47 bits per heavy atom. The van der Waals surface area contributed by atoms with E-state index in [-0.39, 0.29) is 18.6 Å². The average Bonchev–Trinajstić information content (AvgIpc) is 3.07. The van der Waals surface area contributed by atoms with Crippen LogP contribution in [0.1, 0.15) is 25.7 Å². The summed E-state index contributed by atoms with van der Waals surface area (Å²) in [5, 5.41) is 12.8. The number of hydrogen-bond acceptors (Lipinski definition) is 4. The quantitative estimate of drug-likeness (QED) is 0.675. The second-order valence-electron chi connectivity index (χ2n) is 5.44. The van der Waals surface area contributed by atoms with Crippen LogP contribution in [0, 0.1) is 5.92 Å². The summed E-state index contributed by atoms with van der Waals surface area (Å²) in [5.41, 5.74) is -0.850. The van der Waals surface area contributed by atoms with Crippen molar-refractivity contribution in [2.24, 2.45) is 5.92 Å². The summed E-state index contributed by atoms with van der Waals surface area (Å²) in [6.07, 6.45) is 4.27. The van der Waals surface area contributed by atoms with E-state index in [1.165, 1.54) is 0 Å². The number of carboxylic acids is 1. The van der Waals surface area contributed by atoms with Gasteiger partial charge in [-0.2, -0.15) is 0 Å². The minimum absolute atomic E-state index is 0.0912. The van der Waals surface area contributed by atoms with Crippen molar-refractivity contribution in [2.45, 2.75) is 43.4 Å². The van der Waals surface area contributed by atoms with Crippen molar-refractivity contribution in [2.75, 3.05) is 19.8 Å². The first-order valence-corrected chi connectivity index (χ1v) is 6.41. The summed E-state index contributed by atoms with van der Waals surface area (Å²) in [7, 11) is 0. The van der Waals surface area contributed by atoms with Gasteiger partial charge in [-0.05, 0) is 31.6 Å². The summed E-state index contributed by atoms with van der Waals surface area (Å²) >= 11 is 0. The smallest absolute Gasteiger partial charge is 0.326 e. The predicted molar refractivity (Wildman–Crippen MR) is 59.8 cm³/mol. The molecule has 1 heterocycles. The van der Waals surface area contributed by atoms with Gasteiger partial charge in [0, 0.05) is 6.04 Å². The van der Waals surface area contributed by atoms with Gasteiger partial charge in [-0.25, -0.2) is 0 Å². The summed E-state index contributed by atoms with van der Waals surface area (Å²) in [4.78, 5) is 11.6. The van der Waals surface area contributed by atoms with Gasteiger partial charge in [0.05, 0.1) is 19.8 Å². The second-order valence-corrected chi connectivity index (χ2v) is 5.44. The normalized spacial score (nSPS) is 28.5. The van der Waals surface area contributed by atoms with Gasteiger partial charge in [0.25, 0.3) is 0 Å². The van der Waals surface area contributed by atoms with E-state index in [1.54, 1.807) is 0 Å². The summed E-state index contributed by atoms with van der Waals surface area (Å²) < 4.78 is 10.7. The fourth-order valence-electron chi connectivity index (χ4n) is 2.30. The lowest BCUT2D eigenvalue weighted by atomic mass is 9.94. The zero-order valence-electron chi connectivity index (χ0n) is 9.85. The summed E-state index contributed by atoms with van der Waals surface area (Å²) in [5.74, 6) is -0.520. The molecule has 1 saturated heterocycles. The molecule has 1 unspecified atom stereocenters. The van der Waals surface area contributed by atoms with Crippen LogP contribution in [0.3, 0.4) is 0 Å². The van der Waals surface area contributed by atoms with Crippen LogP contribution in [0.2, 0.25) is 0 Å². The molecule has 0 aromatic heterocycles. The summed E-state index contributed by atoms with van der Waals surface area (Å²) in [6, 6.07) is 0.382. The highest BCUT2D eigenvalue weighted by atomic mass is 16.6. The predicted octanol–water partition coefficient (Wildman–Crippen LogP) is 0.387. The lowest BCUT2D eigenvalue weighted by Gasteiger charge is -2.34. The van der Waals surface area contributed by atoms with E-state index in [0.717, 1.165) is 25.7 Å². The van der Waals surface area contributed by atoms with Crippen molar-refractivity contribution in [3.63, 3.8) is 0 Å². The highest BCUT2D eigenvalue weighted by Crippen LogP contribution is 2.42. The molecule has 3 rings (SSSR count). The standard InChI is InChI=1S/C12H19NO4/c14-11(15)12(8-1-2-8,13-9-3-4-9)7-17-10-5-16-6-10/h8-10,13H,1-7H2,(H,14,15). The molecule has 17 heavy (non-hydrogen) atoms. The van der Waals surface area contributed by atoms with Crippen LogP contribution in [0.5, 0.6) is 0 Å². The molecule has 2 saturated carbocycles. The first-order valence-electron chi connectivity index (χ1n) is 6.41. The third-order valence-corrected chi connectivity index (χ3v) is 3.85. The second kappa shape index (κ2) is 4.23. The lowest BCUT2D eigenvalue weighted by Crippen LogP contribution is -2.59. The summed E-state index contributed by atoms with van der Waals surface area (Å²) in [6.45, 7) is 1.48. The van der Waals surface area contributed by atoms with Crippen LogP contribution in [0.15, 0.2) is 0 Å². The van der Waals surface area contributed by atoms with E-state index < -0.39 is 11.5 Å².